The van der Waals surface area contributed by atoms with Crippen LogP contribution in [0.5, 0.6) is 0 Å². The summed E-state index contributed by atoms with van der Waals surface area (Å²) >= 11 is 0. The predicted octanol–water partition coefficient (Wildman–Crippen LogP) is 7.69. The van der Waals surface area contributed by atoms with Crippen LogP contribution in [-0.2, 0) is 37.5 Å². The molecule has 0 bridgehead atoms. The Hall–Kier alpha value is -2.28. The lowest BCUT2D eigenvalue weighted by Crippen LogP contribution is -2.51. The lowest BCUT2D eigenvalue weighted by atomic mass is 9.72. The zero-order valence-electron chi connectivity index (χ0n) is 21.9. The van der Waals surface area contributed by atoms with Gasteiger partial charge in [-0.3, -0.25) is 0 Å². The van der Waals surface area contributed by atoms with Gasteiger partial charge in [0.05, 0.1) is 25.9 Å². The summed E-state index contributed by atoms with van der Waals surface area (Å²) in [5, 5.41) is 0. The van der Waals surface area contributed by atoms with Gasteiger partial charge in [-0.2, -0.15) is 0 Å². The molecule has 1 fully saturated rings. The minimum absolute atomic E-state index is 0.0672. The van der Waals surface area contributed by atoms with Crippen LogP contribution in [0.2, 0.25) is 0 Å². The molecule has 3 aromatic rings. The maximum Gasteiger partial charge on any atom is 0.680 e. The van der Waals surface area contributed by atoms with E-state index in [4.69, 9.17) is 17.7 Å². The Balaban J connectivity index is 1.54. The normalized spacial score (nSPS) is 18.8. The van der Waals surface area contributed by atoms with Gasteiger partial charge in [0.1, 0.15) is 0 Å². The van der Waals surface area contributed by atoms with Crippen LogP contribution in [0.25, 0.3) is 0 Å². The molecule has 0 amide bonds. The second-order valence-electron chi connectivity index (χ2n) is 10.8. The Labute approximate surface area is 218 Å². The van der Waals surface area contributed by atoms with Gasteiger partial charge >= 0.3 is 9.05 Å². The summed E-state index contributed by atoms with van der Waals surface area (Å²) in [5.74, 6) is 0.703. The summed E-state index contributed by atoms with van der Waals surface area (Å²) < 4.78 is 26.4. The number of benzene rings is 3. The predicted molar refractivity (Wildman–Crippen MR) is 146 cm³/mol. The van der Waals surface area contributed by atoms with Crippen LogP contribution < -0.4 is 0 Å². The Morgan fingerprint density at radius 3 is 1.28 bits per heavy atom. The molecule has 0 aromatic heterocycles. The fourth-order valence-corrected chi connectivity index (χ4v) is 6.84. The van der Waals surface area contributed by atoms with Crippen LogP contribution in [0.4, 0.5) is 0 Å². The molecular weight excluding hydrogens is 464 g/mol. The van der Waals surface area contributed by atoms with Crippen LogP contribution in [0.1, 0.15) is 63.1 Å². The minimum Gasteiger partial charge on any atom is -0.348 e. The fourth-order valence-electron chi connectivity index (χ4n) is 4.72. The number of hydrogen-bond acceptors (Lipinski definition) is 4. The van der Waals surface area contributed by atoms with Gasteiger partial charge in [0.25, 0.3) is 0 Å². The third-order valence-corrected chi connectivity index (χ3v) is 9.10. The molecule has 1 aliphatic rings. The topological polar surface area (TPSA) is 36.9 Å². The Kier molecular flexibility index (Phi) is 9.51. The second-order valence-corrected chi connectivity index (χ2v) is 12.9. The lowest BCUT2D eigenvalue weighted by molar-refractivity contribution is -0.0787. The van der Waals surface area contributed by atoms with Gasteiger partial charge in [-0.05, 0) is 53.7 Å². The highest BCUT2D eigenvalue weighted by Crippen LogP contribution is 2.39. The summed E-state index contributed by atoms with van der Waals surface area (Å²) in [6.45, 7) is 8.17. The molecule has 192 valence electrons. The van der Waals surface area contributed by atoms with Crippen LogP contribution in [0, 0.1) is 11.3 Å². The minimum atomic E-state index is -3.50. The molecule has 1 aliphatic carbocycles. The van der Waals surface area contributed by atoms with E-state index in [1.165, 1.54) is 0 Å². The van der Waals surface area contributed by atoms with E-state index >= 15 is 0 Å². The van der Waals surface area contributed by atoms with E-state index in [-0.39, 0.29) is 6.10 Å². The highest BCUT2D eigenvalue weighted by atomic mass is 28.4. The molecule has 36 heavy (non-hydrogen) atoms. The van der Waals surface area contributed by atoms with Crippen molar-refractivity contribution in [3.05, 3.63) is 108 Å². The zero-order valence-corrected chi connectivity index (χ0v) is 22.9. The van der Waals surface area contributed by atoms with Crippen molar-refractivity contribution in [2.45, 2.75) is 72.4 Å². The van der Waals surface area contributed by atoms with Gasteiger partial charge in [-0.25, -0.2) is 0 Å². The van der Waals surface area contributed by atoms with E-state index in [0.29, 0.717) is 31.2 Å². The van der Waals surface area contributed by atoms with E-state index < -0.39 is 9.05 Å². The molecule has 5 heteroatoms. The maximum atomic E-state index is 6.78. The lowest BCUT2D eigenvalue weighted by Gasteiger charge is -2.39. The molecule has 0 N–H and O–H groups in total. The molecule has 1 saturated carbocycles. The first-order valence-electron chi connectivity index (χ1n) is 13.1. The van der Waals surface area contributed by atoms with Gasteiger partial charge in [-0.15, -0.1) is 0 Å². The van der Waals surface area contributed by atoms with Crippen molar-refractivity contribution < 1.29 is 17.7 Å². The third kappa shape index (κ3) is 8.12. The van der Waals surface area contributed by atoms with Crippen molar-refractivity contribution in [1.82, 2.24) is 0 Å². The summed E-state index contributed by atoms with van der Waals surface area (Å²) in [6, 6.07) is 30.5. The zero-order chi connectivity index (χ0) is 25.3. The van der Waals surface area contributed by atoms with Crippen LogP contribution in [-0.4, -0.2) is 15.2 Å². The van der Waals surface area contributed by atoms with Crippen LogP contribution in [0.15, 0.2) is 91.0 Å². The highest BCUT2D eigenvalue weighted by molar-refractivity contribution is 6.53. The molecule has 0 radical (unpaired) electrons. The first kappa shape index (κ1) is 26.8. The molecule has 0 spiro atoms. The van der Waals surface area contributed by atoms with Gasteiger partial charge < -0.3 is 17.7 Å². The van der Waals surface area contributed by atoms with Gasteiger partial charge in [0, 0.05) is 0 Å². The monoisotopic (exact) mass is 504 g/mol. The molecule has 0 atom stereocenters. The molecule has 0 heterocycles. The van der Waals surface area contributed by atoms with Crippen molar-refractivity contribution in [1.29, 1.82) is 0 Å². The maximum absolute atomic E-state index is 6.78. The largest absolute Gasteiger partial charge is 0.680 e. The van der Waals surface area contributed by atoms with Gasteiger partial charge in [0.15, 0.2) is 0 Å². The first-order chi connectivity index (χ1) is 17.4. The fraction of sp³-hybridized carbons (Fsp3) is 0.419. The molecule has 3 aromatic carbocycles. The molecule has 4 nitrogen and oxygen atoms in total. The summed E-state index contributed by atoms with van der Waals surface area (Å²) in [5.41, 5.74) is 3.53. The van der Waals surface area contributed by atoms with E-state index in [0.717, 1.165) is 42.4 Å². The van der Waals surface area contributed by atoms with Crippen molar-refractivity contribution in [2.24, 2.45) is 11.3 Å². The Morgan fingerprint density at radius 1 is 0.583 bits per heavy atom. The van der Waals surface area contributed by atoms with Crippen molar-refractivity contribution in [2.75, 3.05) is 0 Å². The SMILES string of the molecule is CC(C)(C)C1CCC(O[Si](OCc2ccccc2)(OCc2ccccc2)OCc2ccccc2)CC1. The van der Waals surface area contributed by atoms with E-state index in [2.05, 4.69) is 57.2 Å². The van der Waals surface area contributed by atoms with Gasteiger partial charge in [-0.1, -0.05) is 112 Å². The molecule has 0 aliphatic heterocycles. The van der Waals surface area contributed by atoms with E-state index in [1.54, 1.807) is 0 Å². The van der Waals surface area contributed by atoms with Crippen molar-refractivity contribution >= 4 is 9.05 Å². The van der Waals surface area contributed by atoms with E-state index in [1.807, 2.05) is 54.6 Å². The molecule has 0 unspecified atom stereocenters. The third-order valence-electron chi connectivity index (χ3n) is 6.99. The van der Waals surface area contributed by atoms with Gasteiger partial charge in [0.2, 0.25) is 0 Å². The summed E-state index contributed by atoms with van der Waals surface area (Å²) in [6.07, 6.45) is 4.35. The number of rotatable bonds is 11. The van der Waals surface area contributed by atoms with Crippen molar-refractivity contribution in [3.8, 4) is 0 Å². The summed E-state index contributed by atoms with van der Waals surface area (Å²) in [4.78, 5) is 0. The molecular formula is C31H40O4Si. The average Bonchev–Trinajstić information content (AvgIpc) is 2.91. The highest BCUT2D eigenvalue weighted by Gasteiger charge is 2.49. The summed E-state index contributed by atoms with van der Waals surface area (Å²) in [7, 11) is -3.50. The first-order valence-corrected chi connectivity index (χ1v) is 14.8. The quantitative estimate of drug-likeness (QED) is 0.251. The average molecular weight is 505 g/mol. The smallest absolute Gasteiger partial charge is 0.348 e. The molecule has 4 rings (SSSR count). The Bertz CT molecular complexity index is 907. The standard InChI is InChI=1S/C31H40O4Si/c1-31(2,3)29-19-21-30(22-20-29)35-36(32-23-26-13-7-4-8-14-26,33-24-27-15-9-5-10-16-27)34-25-28-17-11-6-12-18-28/h4-18,29-30H,19-25H2,1-3H3. The van der Waals surface area contributed by atoms with Crippen LogP contribution in [0.3, 0.4) is 0 Å². The Morgan fingerprint density at radius 2 is 0.944 bits per heavy atom. The van der Waals surface area contributed by atoms with Crippen molar-refractivity contribution in [3.63, 3.8) is 0 Å². The van der Waals surface area contributed by atoms with Crippen LogP contribution >= 0.6 is 0 Å². The van der Waals surface area contributed by atoms with E-state index in [9.17, 15) is 0 Å². The second kappa shape index (κ2) is 12.8. The number of hydrogen-bond donors (Lipinski definition) is 0. The molecule has 0 saturated heterocycles.